The van der Waals surface area contributed by atoms with E-state index < -0.39 is 10.0 Å². The van der Waals surface area contributed by atoms with Crippen LogP contribution in [0.4, 0.5) is 0 Å². The van der Waals surface area contributed by atoms with Crippen molar-refractivity contribution in [2.75, 3.05) is 26.7 Å². The maximum atomic E-state index is 12.9. The van der Waals surface area contributed by atoms with E-state index in [2.05, 4.69) is 20.0 Å². The second kappa shape index (κ2) is 6.25. The predicted molar refractivity (Wildman–Crippen MR) is 92.2 cm³/mol. The molecule has 0 saturated carbocycles. The van der Waals surface area contributed by atoms with E-state index in [9.17, 15) is 8.42 Å². The van der Waals surface area contributed by atoms with E-state index in [1.807, 2.05) is 25.2 Å². The number of benzene rings is 1. The molecule has 1 aliphatic rings. The Bertz CT molecular complexity index is 967. The number of likely N-dealkylation sites (N-methyl/N-ethyl adjacent to an activating group) is 1. The molecule has 0 spiro atoms. The third-order valence-electron chi connectivity index (χ3n) is 4.61. The van der Waals surface area contributed by atoms with Crippen LogP contribution in [0.15, 0.2) is 41.2 Å². The van der Waals surface area contributed by atoms with Crippen molar-refractivity contribution in [2.45, 2.75) is 11.8 Å². The summed E-state index contributed by atoms with van der Waals surface area (Å²) in [7, 11) is -1.53. The molecule has 0 aliphatic carbocycles. The molecule has 1 saturated heterocycles. The summed E-state index contributed by atoms with van der Waals surface area (Å²) in [5, 5.41) is 4.69. The minimum atomic E-state index is -3.50. The summed E-state index contributed by atoms with van der Waals surface area (Å²) < 4.78 is 32.6. The number of nitrogens with one attached hydrogen (secondary N) is 1. The highest BCUT2D eigenvalue weighted by Gasteiger charge is 2.34. The molecule has 0 radical (unpaired) electrons. The number of aromatic nitrogens is 3. The van der Waals surface area contributed by atoms with Crippen molar-refractivity contribution >= 4 is 21.0 Å². The fraction of sp³-hybridized carbons (Fsp3) is 0.375. The molecule has 1 aliphatic heterocycles. The van der Waals surface area contributed by atoms with Crippen LogP contribution in [-0.4, -0.2) is 59.4 Å². The topological polar surface area (TPSA) is 95.3 Å². The second-order valence-electron chi connectivity index (χ2n) is 6.21. The summed E-state index contributed by atoms with van der Waals surface area (Å²) in [5.41, 5.74) is 1.05. The molecular weight excluding hydrogens is 342 g/mol. The van der Waals surface area contributed by atoms with Crippen LogP contribution in [0.2, 0.25) is 0 Å². The number of para-hydroxylation sites is 1. The Morgan fingerprint density at radius 1 is 1.32 bits per heavy atom. The van der Waals surface area contributed by atoms with E-state index in [1.54, 1.807) is 18.5 Å². The number of hydrogen-bond acceptors (Lipinski definition) is 6. The Morgan fingerprint density at radius 2 is 2.16 bits per heavy atom. The summed E-state index contributed by atoms with van der Waals surface area (Å²) in [6, 6.07) is 7.19. The number of nitrogens with zero attached hydrogens (tertiary/aromatic N) is 4. The smallest absolute Gasteiger partial charge is 0.220 e. The number of hydrogen-bond donors (Lipinski definition) is 1. The summed E-state index contributed by atoms with van der Waals surface area (Å²) in [4.78, 5) is 9.46. The summed E-state index contributed by atoms with van der Waals surface area (Å²) in [5.74, 6) is 0.604. The van der Waals surface area contributed by atoms with Gasteiger partial charge in [-0.1, -0.05) is 17.3 Å². The van der Waals surface area contributed by atoms with Crippen LogP contribution in [0.3, 0.4) is 0 Å². The first-order chi connectivity index (χ1) is 12.0. The molecule has 0 amide bonds. The highest BCUT2D eigenvalue weighted by Crippen LogP contribution is 2.26. The largest absolute Gasteiger partial charge is 0.356 e. The first kappa shape index (κ1) is 16.2. The molecule has 1 N–H and O–H groups in total. The first-order valence-electron chi connectivity index (χ1n) is 8.05. The number of H-pyrrole nitrogens is 1. The normalized spacial score (nSPS) is 20.3. The van der Waals surface area contributed by atoms with E-state index >= 15 is 0 Å². The van der Waals surface area contributed by atoms with Crippen LogP contribution in [0.25, 0.3) is 11.0 Å². The Labute approximate surface area is 145 Å². The number of aromatic amines is 1. The number of imidazole rings is 1. The van der Waals surface area contributed by atoms with E-state index in [-0.39, 0.29) is 11.8 Å². The summed E-state index contributed by atoms with van der Waals surface area (Å²) in [6.07, 6.45) is 3.43. The maximum Gasteiger partial charge on any atom is 0.220 e. The van der Waals surface area contributed by atoms with Gasteiger partial charge < -0.3 is 9.51 Å². The van der Waals surface area contributed by atoms with Crippen molar-refractivity contribution < 1.29 is 12.9 Å². The van der Waals surface area contributed by atoms with Crippen LogP contribution >= 0.6 is 0 Å². The van der Waals surface area contributed by atoms with Crippen LogP contribution in [0.5, 0.6) is 0 Å². The molecule has 3 heterocycles. The van der Waals surface area contributed by atoms with Gasteiger partial charge in [0.25, 0.3) is 0 Å². The van der Waals surface area contributed by atoms with Crippen molar-refractivity contribution in [3.05, 3.63) is 48.2 Å². The zero-order valence-corrected chi connectivity index (χ0v) is 14.6. The minimum Gasteiger partial charge on any atom is -0.356 e. The van der Waals surface area contributed by atoms with Crippen molar-refractivity contribution in [3.8, 4) is 0 Å². The monoisotopic (exact) mass is 361 g/mol. The van der Waals surface area contributed by atoms with Gasteiger partial charge in [0.2, 0.25) is 10.0 Å². The average molecular weight is 361 g/mol. The van der Waals surface area contributed by atoms with Crippen molar-refractivity contribution in [1.82, 2.24) is 24.3 Å². The molecular formula is C16H19N5O3S. The molecule has 1 atom stereocenters. The number of sulfonamides is 1. The fourth-order valence-corrected chi connectivity index (χ4v) is 4.63. The summed E-state index contributed by atoms with van der Waals surface area (Å²) >= 11 is 0. The van der Waals surface area contributed by atoms with Crippen molar-refractivity contribution in [1.29, 1.82) is 0 Å². The Kier molecular flexibility index (Phi) is 4.06. The van der Waals surface area contributed by atoms with E-state index in [0.717, 1.165) is 11.2 Å². The average Bonchev–Trinajstić information content (AvgIpc) is 3.25. The Balaban J connectivity index is 1.57. The maximum absolute atomic E-state index is 12.9. The minimum absolute atomic E-state index is 0.0902. The fourth-order valence-electron chi connectivity index (χ4n) is 3.16. The van der Waals surface area contributed by atoms with Gasteiger partial charge in [0, 0.05) is 37.4 Å². The van der Waals surface area contributed by atoms with Crippen LogP contribution in [-0.2, 0) is 15.8 Å². The van der Waals surface area contributed by atoms with Crippen LogP contribution < -0.4 is 0 Å². The van der Waals surface area contributed by atoms with Gasteiger partial charge in [-0.25, -0.2) is 13.4 Å². The molecule has 4 rings (SSSR count). The quantitative estimate of drug-likeness (QED) is 0.754. The van der Waals surface area contributed by atoms with Gasteiger partial charge in [-0.05, 0) is 19.2 Å². The SMILES string of the molecule is CN1CCN(S(=O)(=O)Cc2noc3ccccc23)C[C@@H]1c1ncc[nH]1. The molecule has 25 heavy (non-hydrogen) atoms. The van der Waals surface area contributed by atoms with E-state index in [1.165, 1.54) is 4.31 Å². The first-order valence-corrected chi connectivity index (χ1v) is 9.66. The predicted octanol–water partition coefficient (Wildman–Crippen LogP) is 1.37. The third-order valence-corrected chi connectivity index (χ3v) is 6.37. The molecule has 2 aromatic heterocycles. The molecule has 1 aromatic carbocycles. The Morgan fingerprint density at radius 3 is 2.96 bits per heavy atom. The highest BCUT2D eigenvalue weighted by molar-refractivity contribution is 7.88. The lowest BCUT2D eigenvalue weighted by Crippen LogP contribution is -2.49. The standard InChI is InChI=1S/C16H19N5O3S/c1-20-8-9-21(10-14(20)16-17-6-7-18-16)25(22,23)11-13-12-4-2-3-5-15(12)24-19-13/h2-7,14H,8-11H2,1H3,(H,17,18)/t14-/m1/s1. The zero-order chi connectivity index (χ0) is 17.4. The van der Waals surface area contributed by atoms with Crippen LogP contribution in [0.1, 0.15) is 17.6 Å². The van der Waals surface area contributed by atoms with Gasteiger partial charge in [0.15, 0.2) is 5.58 Å². The van der Waals surface area contributed by atoms with Gasteiger partial charge >= 0.3 is 0 Å². The molecule has 3 aromatic rings. The molecule has 0 unspecified atom stereocenters. The number of fused-ring (bicyclic) bond motifs is 1. The number of piperazine rings is 1. The second-order valence-corrected chi connectivity index (χ2v) is 8.18. The van der Waals surface area contributed by atoms with E-state index in [0.29, 0.717) is 30.9 Å². The van der Waals surface area contributed by atoms with Crippen molar-refractivity contribution in [3.63, 3.8) is 0 Å². The molecule has 8 nitrogen and oxygen atoms in total. The lowest BCUT2D eigenvalue weighted by molar-refractivity contribution is 0.142. The third kappa shape index (κ3) is 3.06. The molecule has 1 fully saturated rings. The van der Waals surface area contributed by atoms with Crippen LogP contribution in [0, 0.1) is 0 Å². The van der Waals surface area contributed by atoms with Gasteiger partial charge in [-0.15, -0.1) is 0 Å². The van der Waals surface area contributed by atoms with E-state index in [4.69, 9.17) is 4.52 Å². The number of rotatable bonds is 4. The lowest BCUT2D eigenvalue weighted by Gasteiger charge is -2.37. The Hall–Kier alpha value is -2.23. The highest BCUT2D eigenvalue weighted by atomic mass is 32.2. The molecule has 132 valence electrons. The molecule has 9 heteroatoms. The van der Waals surface area contributed by atoms with Gasteiger partial charge in [-0.3, -0.25) is 4.90 Å². The van der Waals surface area contributed by atoms with Gasteiger partial charge in [0.1, 0.15) is 17.3 Å². The molecule has 0 bridgehead atoms. The summed E-state index contributed by atoms with van der Waals surface area (Å²) in [6.45, 7) is 1.46. The lowest BCUT2D eigenvalue weighted by atomic mass is 10.2. The van der Waals surface area contributed by atoms with Crippen molar-refractivity contribution in [2.24, 2.45) is 0 Å². The van der Waals surface area contributed by atoms with Gasteiger partial charge in [-0.2, -0.15) is 4.31 Å². The zero-order valence-electron chi connectivity index (χ0n) is 13.8. The van der Waals surface area contributed by atoms with Gasteiger partial charge in [0.05, 0.1) is 6.04 Å².